The van der Waals surface area contributed by atoms with E-state index in [-0.39, 0.29) is 17.9 Å². The van der Waals surface area contributed by atoms with E-state index in [1.54, 1.807) is 0 Å². The van der Waals surface area contributed by atoms with Crippen molar-refractivity contribution in [3.63, 3.8) is 0 Å². The maximum absolute atomic E-state index is 12.7. The summed E-state index contributed by atoms with van der Waals surface area (Å²) in [5.41, 5.74) is 4.92. The number of aryl methyl sites for hydroxylation is 2. The molecular weight excluding hydrogens is 450 g/mol. The lowest BCUT2D eigenvalue weighted by atomic mass is 9.69. The third kappa shape index (κ3) is 7.30. The standard InChI is InChI=1S/C29H39NO4.C2H6/c1-8-28(6,34)16-15-22-11-12-23(17-20(22)4)29(9-2,10-3)24-13-14-25(21(5)18-24)27(33)30(7)19-26(31)32;1-2/h11-18,34H,8-10,19H2,1-7H3,(H,31,32);1-2H3/b16-15+;. The summed E-state index contributed by atoms with van der Waals surface area (Å²) >= 11 is 0. The van der Waals surface area contributed by atoms with Gasteiger partial charge in [0.05, 0.1) is 5.60 Å². The number of carboxylic acids is 1. The molecule has 1 unspecified atom stereocenters. The Balaban J connectivity index is 0.00000316. The summed E-state index contributed by atoms with van der Waals surface area (Å²) in [6.45, 7) is 15.8. The maximum atomic E-state index is 12.7. The molecule has 0 radical (unpaired) electrons. The van der Waals surface area contributed by atoms with Gasteiger partial charge in [-0.25, -0.2) is 0 Å². The molecule has 2 N–H and O–H groups in total. The Morgan fingerprint density at radius 1 is 0.917 bits per heavy atom. The summed E-state index contributed by atoms with van der Waals surface area (Å²) in [5.74, 6) is -1.33. The number of benzene rings is 2. The Morgan fingerprint density at radius 3 is 1.89 bits per heavy atom. The molecule has 0 aliphatic heterocycles. The van der Waals surface area contributed by atoms with Crippen LogP contribution in [-0.4, -0.2) is 46.2 Å². The quantitative estimate of drug-likeness (QED) is 0.381. The van der Waals surface area contributed by atoms with Gasteiger partial charge in [0.25, 0.3) is 5.91 Å². The number of carbonyl (C=O) groups excluding carboxylic acids is 1. The van der Waals surface area contributed by atoms with Gasteiger partial charge in [-0.15, -0.1) is 0 Å². The lowest BCUT2D eigenvalue weighted by Gasteiger charge is -2.34. The molecule has 2 aromatic carbocycles. The number of hydrogen-bond donors (Lipinski definition) is 2. The molecule has 0 aromatic heterocycles. The number of rotatable bonds is 10. The zero-order valence-electron chi connectivity index (χ0n) is 23.6. The SMILES string of the molecule is CC.CCC(C)(O)/C=C/c1ccc(C(CC)(CC)c2ccc(C(=O)N(C)CC(=O)O)c(C)c2)cc1C. The van der Waals surface area contributed by atoms with E-state index in [4.69, 9.17) is 5.11 Å². The van der Waals surface area contributed by atoms with Crippen LogP contribution in [0.3, 0.4) is 0 Å². The van der Waals surface area contributed by atoms with Crippen LogP contribution in [0, 0.1) is 13.8 Å². The summed E-state index contributed by atoms with van der Waals surface area (Å²) in [6, 6.07) is 12.4. The number of likely N-dealkylation sites (N-methyl/N-ethyl adjacent to an activating group) is 1. The van der Waals surface area contributed by atoms with Gasteiger partial charge in [0.1, 0.15) is 6.54 Å². The second-order valence-corrected chi connectivity index (χ2v) is 9.49. The zero-order valence-corrected chi connectivity index (χ0v) is 23.6. The number of hydrogen-bond acceptors (Lipinski definition) is 3. The molecule has 36 heavy (non-hydrogen) atoms. The highest BCUT2D eigenvalue weighted by Gasteiger charge is 2.32. The van der Waals surface area contributed by atoms with Crippen LogP contribution in [0.25, 0.3) is 6.08 Å². The molecule has 0 heterocycles. The first-order valence-corrected chi connectivity index (χ1v) is 13.0. The van der Waals surface area contributed by atoms with Crippen molar-refractivity contribution in [3.05, 3.63) is 75.9 Å². The molecule has 0 bridgehead atoms. The summed E-state index contributed by atoms with van der Waals surface area (Å²) in [5, 5.41) is 19.3. The van der Waals surface area contributed by atoms with Crippen LogP contribution < -0.4 is 0 Å². The zero-order chi connectivity index (χ0) is 27.7. The fraction of sp³-hybridized carbons (Fsp3) is 0.484. The maximum Gasteiger partial charge on any atom is 0.323 e. The van der Waals surface area contributed by atoms with Gasteiger partial charge in [0, 0.05) is 18.0 Å². The molecule has 198 valence electrons. The first kappa shape index (κ1) is 31.1. The van der Waals surface area contributed by atoms with Crippen LogP contribution in [0.1, 0.15) is 99.0 Å². The van der Waals surface area contributed by atoms with Crippen molar-refractivity contribution in [2.75, 3.05) is 13.6 Å². The predicted molar refractivity (Wildman–Crippen MR) is 150 cm³/mol. The van der Waals surface area contributed by atoms with Crippen molar-refractivity contribution >= 4 is 18.0 Å². The number of aliphatic hydroxyl groups is 1. The monoisotopic (exact) mass is 495 g/mol. The second-order valence-electron chi connectivity index (χ2n) is 9.49. The molecule has 2 aromatic rings. The smallest absolute Gasteiger partial charge is 0.323 e. The molecule has 2 rings (SSSR count). The molecular formula is C31H45NO4. The summed E-state index contributed by atoms with van der Waals surface area (Å²) < 4.78 is 0. The third-order valence-electron chi connectivity index (χ3n) is 7.10. The molecule has 5 nitrogen and oxygen atoms in total. The Morgan fingerprint density at radius 2 is 1.44 bits per heavy atom. The van der Waals surface area contributed by atoms with E-state index in [9.17, 15) is 14.7 Å². The predicted octanol–water partition coefficient (Wildman–Crippen LogP) is 6.77. The van der Waals surface area contributed by atoms with Gasteiger partial charge in [-0.1, -0.05) is 77.1 Å². The minimum absolute atomic E-state index is 0.207. The van der Waals surface area contributed by atoms with E-state index in [1.165, 1.54) is 17.5 Å². The molecule has 0 saturated heterocycles. The van der Waals surface area contributed by atoms with Crippen molar-refractivity contribution in [2.24, 2.45) is 0 Å². The van der Waals surface area contributed by atoms with Crippen LogP contribution in [0.2, 0.25) is 0 Å². The van der Waals surface area contributed by atoms with Gasteiger partial charge in [0.2, 0.25) is 0 Å². The van der Waals surface area contributed by atoms with Crippen LogP contribution >= 0.6 is 0 Å². The average molecular weight is 496 g/mol. The molecule has 5 heteroatoms. The molecule has 0 aliphatic rings. The van der Waals surface area contributed by atoms with Crippen molar-refractivity contribution in [3.8, 4) is 0 Å². The Hall–Kier alpha value is -2.92. The van der Waals surface area contributed by atoms with Gasteiger partial charge in [-0.3, -0.25) is 9.59 Å². The van der Waals surface area contributed by atoms with E-state index >= 15 is 0 Å². The Labute approximate surface area is 217 Å². The molecule has 0 aliphatic carbocycles. The lowest BCUT2D eigenvalue weighted by Crippen LogP contribution is -2.32. The highest BCUT2D eigenvalue weighted by atomic mass is 16.4. The minimum Gasteiger partial charge on any atom is -0.480 e. The number of carbonyl (C=O) groups is 2. The van der Waals surface area contributed by atoms with Gasteiger partial charge in [-0.2, -0.15) is 0 Å². The Bertz CT molecular complexity index is 1060. The number of nitrogens with zero attached hydrogens (tertiary/aromatic N) is 1. The third-order valence-corrected chi connectivity index (χ3v) is 7.10. The topological polar surface area (TPSA) is 77.8 Å². The summed E-state index contributed by atoms with van der Waals surface area (Å²) in [4.78, 5) is 25.0. The number of amides is 1. The van der Waals surface area contributed by atoms with Crippen LogP contribution in [0.4, 0.5) is 0 Å². The minimum atomic E-state index is -1.03. The van der Waals surface area contributed by atoms with E-state index in [0.717, 1.165) is 35.1 Å². The number of aliphatic carboxylic acids is 1. The van der Waals surface area contributed by atoms with E-state index in [2.05, 4.69) is 45.0 Å². The van der Waals surface area contributed by atoms with Crippen molar-refractivity contribution < 1.29 is 19.8 Å². The number of carboxylic acid groups (broad SMARTS) is 1. The molecule has 0 saturated carbocycles. The molecule has 0 fully saturated rings. The van der Waals surface area contributed by atoms with Crippen molar-refractivity contribution in [1.82, 2.24) is 4.90 Å². The van der Waals surface area contributed by atoms with Gasteiger partial charge < -0.3 is 15.1 Å². The highest BCUT2D eigenvalue weighted by Crippen LogP contribution is 2.40. The largest absolute Gasteiger partial charge is 0.480 e. The second kappa shape index (κ2) is 13.4. The van der Waals surface area contributed by atoms with Gasteiger partial charge >= 0.3 is 5.97 Å². The van der Waals surface area contributed by atoms with E-state index in [1.807, 2.05) is 58.9 Å². The fourth-order valence-corrected chi connectivity index (χ4v) is 4.46. The van der Waals surface area contributed by atoms with E-state index < -0.39 is 11.6 Å². The van der Waals surface area contributed by atoms with Crippen LogP contribution in [-0.2, 0) is 10.2 Å². The first-order chi connectivity index (χ1) is 16.9. The summed E-state index contributed by atoms with van der Waals surface area (Å²) in [6.07, 6.45) is 6.28. The highest BCUT2D eigenvalue weighted by molar-refractivity contribution is 5.97. The van der Waals surface area contributed by atoms with E-state index in [0.29, 0.717) is 12.0 Å². The summed E-state index contributed by atoms with van der Waals surface area (Å²) in [7, 11) is 1.50. The van der Waals surface area contributed by atoms with Crippen LogP contribution in [0.5, 0.6) is 0 Å². The fourth-order valence-electron chi connectivity index (χ4n) is 4.46. The molecule has 1 amide bonds. The molecule has 0 spiro atoms. The molecule has 1 atom stereocenters. The lowest BCUT2D eigenvalue weighted by molar-refractivity contribution is -0.137. The van der Waals surface area contributed by atoms with Gasteiger partial charge in [0.15, 0.2) is 0 Å². The first-order valence-electron chi connectivity index (χ1n) is 13.0. The normalized spacial score (nSPS) is 13.1. The van der Waals surface area contributed by atoms with Crippen LogP contribution in [0.15, 0.2) is 42.5 Å². The van der Waals surface area contributed by atoms with Crippen molar-refractivity contribution in [1.29, 1.82) is 0 Å². The average Bonchev–Trinajstić information content (AvgIpc) is 2.85. The Kier molecular flexibility index (Phi) is 11.6. The van der Waals surface area contributed by atoms with Crippen molar-refractivity contribution in [2.45, 2.75) is 85.7 Å². The van der Waals surface area contributed by atoms with Gasteiger partial charge in [-0.05, 0) is 73.9 Å².